The van der Waals surface area contributed by atoms with E-state index in [4.69, 9.17) is 23.7 Å². The van der Waals surface area contributed by atoms with Crippen molar-refractivity contribution < 1.29 is 33.3 Å². The second-order valence-corrected chi connectivity index (χ2v) is 7.87. The van der Waals surface area contributed by atoms with Gasteiger partial charge in [-0.1, -0.05) is 12.2 Å². The molecule has 1 fully saturated rings. The van der Waals surface area contributed by atoms with Crippen LogP contribution in [0.15, 0.2) is 24.3 Å². The Bertz CT molecular complexity index is 913. The Balaban J connectivity index is 1.73. The molecule has 29 heavy (non-hydrogen) atoms. The number of hydrogen-bond donors (Lipinski definition) is 0. The quantitative estimate of drug-likeness (QED) is 0.560. The fourth-order valence-corrected chi connectivity index (χ4v) is 5.29. The van der Waals surface area contributed by atoms with Gasteiger partial charge in [0.15, 0.2) is 17.7 Å². The first-order chi connectivity index (χ1) is 13.9. The van der Waals surface area contributed by atoms with E-state index in [0.717, 1.165) is 11.1 Å². The normalized spacial score (nSPS) is 35.6. The molecule has 1 aromatic rings. The lowest BCUT2D eigenvalue weighted by Crippen LogP contribution is -2.54. The number of carbonyl (C=O) groups is 2. The molecule has 6 atom stereocenters. The van der Waals surface area contributed by atoms with Gasteiger partial charge in [-0.25, -0.2) is 0 Å². The molecule has 3 heterocycles. The van der Waals surface area contributed by atoms with Gasteiger partial charge < -0.3 is 23.7 Å². The summed E-state index contributed by atoms with van der Waals surface area (Å²) in [4.78, 5) is 26.0. The van der Waals surface area contributed by atoms with E-state index in [9.17, 15) is 9.59 Å². The lowest BCUT2D eigenvalue weighted by Gasteiger charge is -2.48. The van der Waals surface area contributed by atoms with Crippen molar-refractivity contribution >= 4 is 11.9 Å². The molecule has 2 unspecified atom stereocenters. The van der Waals surface area contributed by atoms with Crippen LogP contribution in [0.2, 0.25) is 0 Å². The molecule has 0 radical (unpaired) electrons. The van der Waals surface area contributed by atoms with Crippen LogP contribution in [0.1, 0.15) is 37.6 Å². The number of esters is 2. The number of carbonyl (C=O) groups excluding carboxylic acids is 2. The maximum atomic E-state index is 11.9. The fraction of sp³-hybridized carbons (Fsp3) is 0.524. The van der Waals surface area contributed by atoms with Crippen LogP contribution in [0.5, 0.6) is 11.5 Å². The topological polar surface area (TPSA) is 83.5 Å². The number of rotatable bonds is 3. The van der Waals surface area contributed by atoms with E-state index in [1.54, 1.807) is 7.11 Å². The molecule has 0 aromatic heterocycles. The Morgan fingerprint density at radius 2 is 1.86 bits per heavy atom. The highest BCUT2D eigenvalue weighted by Crippen LogP contribution is 2.58. The Kier molecular flexibility index (Phi) is 4.11. The summed E-state index contributed by atoms with van der Waals surface area (Å²) in [5.74, 6) is 0.541. The van der Waals surface area contributed by atoms with Gasteiger partial charge in [0.05, 0.1) is 11.5 Å². The highest BCUT2D eigenvalue weighted by molar-refractivity contribution is 5.68. The van der Waals surface area contributed by atoms with Gasteiger partial charge in [0.25, 0.3) is 0 Å². The summed E-state index contributed by atoms with van der Waals surface area (Å²) < 4.78 is 28.3. The van der Waals surface area contributed by atoms with Gasteiger partial charge in [0.1, 0.15) is 6.10 Å². The van der Waals surface area contributed by atoms with Gasteiger partial charge in [-0.3, -0.25) is 14.5 Å². The van der Waals surface area contributed by atoms with Gasteiger partial charge in [-0.15, -0.1) is 0 Å². The summed E-state index contributed by atoms with van der Waals surface area (Å²) in [5, 5.41) is 0. The predicted molar refractivity (Wildman–Crippen MR) is 99.4 cm³/mol. The van der Waals surface area contributed by atoms with Crippen LogP contribution >= 0.6 is 0 Å². The number of hydrogen-bond acceptors (Lipinski definition) is 8. The molecule has 2 bridgehead atoms. The van der Waals surface area contributed by atoms with Crippen molar-refractivity contribution in [1.29, 1.82) is 0 Å². The molecule has 1 saturated heterocycles. The molecular weight excluding hydrogens is 378 g/mol. The summed E-state index contributed by atoms with van der Waals surface area (Å²) in [5.41, 5.74) is 1.19. The Morgan fingerprint density at radius 1 is 1.14 bits per heavy atom. The minimum atomic E-state index is -0.598. The smallest absolute Gasteiger partial charge is 0.304 e. The SMILES string of the molecule is CO[C@@H]1C=C[C@@]23c4cc5c(cc4C(OC(C)=O)N(C[C@H]2OC(C)=O)[C@H]3C1)OCO5. The molecule has 5 rings (SSSR count). The van der Waals surface area contributed by atoms with Crippen molar-refractivity contribution in [3.05, 3.63) is 35.4 Å². The summed E-state index contributed by atoms with van der Waals surface area (Å²) in [6, 6.07) is 3.76. The van der Waals surface area contributed by atoms with Crippen molar-refractivity contribution in [2.45, 2.75) is 50.2 Å². The molecule has 4 aliphatic rings. The van der Waals surface area contributed by atoms with Crippen molar-refractivity contribution in [2.75, 3.05) is 20.4 Å². The van der Waals surface area contributed by atoms with E-state index in [0.29, 0.717) is 24.5 Å². The van der Waals surface area contributed by atoms with Gasteiger partial charge >= 0.3 is 11.9 Å². The lowest BCUT2D eigenvalue weighted by molar-refractivity contribution is -0.161. The molecule has 0 spiro atoms. The lowest BCUT2D eigenvalue weighted by atomic mass is 9.65. The first-order valence-corrected chi connectivity index (χ1v) is 9.70. The zero-order valence-electron chi connectivity index (χ0n) is 16.5. The molecule has 154 valence electrons. The zero-order chi connectivity index (χ0) is 20.3. The van der Waals surface area contributed by atoms with Gasteiger partial charge in [0, 0.05) is 39.1 Å². The molecule has 0 N–H and O–H groups in total. The molecule has 1 aliphatic carbocycles. The monoisotopic (exact) mass is 401 g/mol. The van der Waals surface area contributed by atoms with E-state index in [1.165, 1.54) is 13.8 Å². The average Bonchev–Trinajstić information content (AvgIpc) is 3.24. The van der Waals surface area contributed by atoms with Crippen LogP contribution < -0.4 is 9.47 Å². The van der Waals surface area contributed by atoms with Gasteiger partial charge in [-0.05, 0) is 24.1 Å². The molecule has 3 aliphatic heterocycles. The highest BCUT2D eigenvalue weighted by Gasteiger charge is 2.63. The van der Waals surface area contributed by atoms with E-state index in [2.05, 4.69) is 11.0 Å². The first-order valence-electron chi connectivity index (χ1n) is 9.70. The van der Waals surface area contributed by atoms with E-state index < -0.39 is 17.7 Å². The fourth-order valence-electron chi connectivity index (χ4n) is 5.29. The van der Waals surface area contributed by atoms with Crippen molar-refractivity contribution in [1.82, 2.24) is 4.90 Å². The van der Waals surface area contributed by atoms with E-state index in [-0.39, 0.29) is 30.9 Å². The maximum Gasteiger partial charge on any atom is 0.304 e. The minimum absolute atomic E-state index is 0.0565. The van der Waals surface area contributed by atoms with Crippen molar-refractivity contribution in [3.8, 4) is 11.5 Å². The third-order valence-electron chi connectivity index (χ3n) is 6.37. The van der Waals surface area contributed by atoms with E-state index in [1.807, 2.05) is 18.2 Å². The van der Waals surface area contributed by atoms with Crippen LogP contribution in [0.3, 0.4) is 0 Å². The molecule has 0 amide bonds. The number of fused-ring (bicyclic) bond motifs is 2. The summed E-state index contributed by atoms with van der Waals surface area (Å²) in [7, 11) is 1.67. The number of nitrogens with zero attached hydrogens (tertiary/aromatic N) is 1. The number of ether oxygens (including phenoxy) is 5. The molecule has 1 aromatic carbocycles. The molecule has 8 nitrogen and oxygen atoms in total. The summed E-state index contributed by atoms with van der Waals surface area (Å²) in [6.45, 7) is 3.40. The molecule has 0 saturated carbocycles. The zero-order valence-corrected chi connectivity index (χ0v) is 16.5. The van der Waals surface area contributed by atoms with Crippen LogP contribution in [0.4, 0.5) is 0 Å². The third-order valence-corrected chi connectivity index (χ3v) is 6.37. The van der Waals surface area contributed by atoms with Crippen molar-refractivity contribution in [3.63, 3.8) is 0 Å². The van der Waals surface area contributed by atoms with Gasteiger partial charge in [-0.2, -0.15) is 0 Å². The Morgan fingerprint density at radius 3 is 2.55 bits per heavy atom. The predicted octanol–water partition coefficient (Wildman–Crippen LogP) is 1.82. The minimum Gasteiger partial charge on any atom is -0.460 e. The first kappa shape index (κ1) is 18.4. The van der Waals surface area contributed by atoms with E-state index >= 15 is 0 Å². The largest absolute Gasteiger partial charge is 0.460 e. The average molecular weight is 401 g/mol. The number of benzene rings is 1. The summed E-state index contributed by atoms with van der Waals surface area (Å²) >= 11 is 0. The Hall–Kier alpha value is -2.58. The highest BCUT2D eigenvalue weighted by atomic mass is 16.7. The molecule has 8 heteroatoms. The van der Waals surface area contributed by atoms with Crippen LogP contribution in [-0.2, 0) is 29.2 Å². The van der Waals surface area contributed by atoms with Gasteiger partial charge in [0.2, 0.25) is 6.79 Å². The third kappa shape index (κ3) is 2.59. The molecular formula is C21H23NO7. The van der Waals surface area contributed by atoms with Crippen LogP contribution in [-0.4, -0.2) is 55.5 Å². The van der Waals surface area contributed by atoms with Crippen LogP contribution in [0.25, 0.3) is 0 Å². The standard InChI is InChI=1S/C21H23NO7/c1-11(23)28-19-9-22-18-6-13(25-3)4-5-21(18,19)15-8-17-16(26-10-27-17)7-14(15)20(22)29-12(2)24/h4-5,7-8,13,18-20H,6,9-10H2,1-3H3/t13-,18+,19-,20?,21+/m1/s1. The summed E-state index contributed by atoms with van der Waals surface area (Å²) in [6.07, 6.45) is 3.72. The van der Waals surface area contributed by atoms with Crippen molar-refractivity contribution in [2.24, 2.45) is 0 Å². The Labute approximate surface area is 168 Å². The second-order valence-electron chi connectivity index (χ2n) is 7.87. The van der Waals surface area contributed by atoms with Crippen LogP contribution in [0, 0.1) is 0 Å². The second kappa shape index (κ2) is 6.47. The number of methoxy groups -OCH3 is 1. The maximum absolute atomic E-state index is 11.9.